The van der Waals surface area contributed by atoms with Crippen molar-refractivity contribution >= 4 is 27.3 Å². The molecule has 1 aromatic rings. The molecule has 2 heterocycles. The standard InChI is InChI=1S/C8H8O2S2/c1-2-6-5-7-8(3-4-11-7)12(6,9)10/h3-5H,2H2,1H3. The minimum Gasteiger partial charge on any atom is -0.219 e. The lowest BCUT2D eigenvalue weighted by molar-refractivity contribution is 0.602. The van der Waals surface area contributed by atoms with Gasteiger partial charge in [0.25, 0.3) is 0 Å². The maximum atomic E-state index is 11.6. The summed E-state index contributed by atoms with van der Waals surface area (Å²) >= 11 is 1.48. The van der Waals surface area contributed by atoms with E-state index in [0.29, 0.717) is 16.2 Å². The van der Waals surface area contributed by atoms with Gasteiger partial charge in [0.1, 0.15) is 0 Å². The molecule has 64 valence electrons. The normalized spacial score (nSPS) is 18.9. The lowest BCUT2D eigenvalue weighted by Crippen LogP contribution is -1.97. The summed E-state index contributed by atoms with van der Waals surface area (Å²) in [6.07, 6.45) is 2.36. The van der Waals surface area contributed by atoms with Gasteiger partial charge >= 0.3 is 0 Å². The molecule has 1 aromatic heterocycles. The van der Waals surface area contributed by atoms with E-state index in [2.05, 4.69) is 0 Å². The monoisotopic (exact) mass is 200 g/mol. The van der Waals surface area contributed by atoms with Crippen LogP contribution >= 0.6 is 11.3 Å². The molecule has 0 N–H and O–H groups in total. The fourth-order valence-electron chi connectivity index (χ4n) is 1.29. The molecule has 0 aromatic carbocycles. The summed E-state index contributed by atoms with van der Waals surface area (Å²) in [4.78, 5) is 1.92. The predicted octanol–water partition coefficient (Wildman–Crippen LogP) is 2.29. The van der Waals surface area contributed by atoms with Crippen LogP contribution < -0.4 is 0 Å². The average Bonchev–Trinajstić information content (AvgIpc) is 2.53. The third-order valence-corrected chi connectivity index (χ3v) is 4.96. The van der Waals surface area contributed by atoms with Crippen molar-refractivity contribution in [2.75, 3.05) is 0 Å². The van der Waals surface area contributed by atoms with Gasteiger partial charge in [0.2, 0.25) is 9.84 Å². The van der Waals surface area contributed by atoms with E-state index in [4.69, 9.17) is 0 Å². The number of sulfone groups is 1. The quantitative estimate of drug-likeness (QED) is 0.697. The van der Waals surface area contributed by atoms with Crippen LogP contribution in [0.15, 0.2) is 21.2 Å². The highest BCUT2D eigenvalue weighted by molar-refractivity contribution is 7.96. The first-order chi connectivity index (χ1) is 5.66. The first kappa shape index (κ1) is 8.01. The highest BCUT2D eigenvalue weighted by Gasteiger charge is 2.28. The minimum atomic E-state index is -3.08. The topological polar surface area (TPSA) is 34.1 Å². The van der Waals surface area contributed by atoms with Gasteiger partial charge in [-0.25, -0.2) is 8.42 Å². The van der Waals surface area contributed by atoms with E-state index >= 15 is 0 Å². The first-order valence-electron chi connectivity index (χ1n) is 3.69. The van der Waals surface area contributed by atoms with E-state index in [1.807, 2.05) is 12.3 Å². The minimum absolute atomic E-state index is 0.490. The Morgan fingerprint density at radius 2 is 2.25 bits per heavy atom. The van der Waals surface area contributed by atoms with E-state index in [1.165, 1.54) is 11.3 Å². The molecule has 0 saturated carbocycles. The molecule has 0 amide bonds. The van der Waals surface area contributed by atoms with Gasteiger partial charge in [-0.3, -0.25) is 0 Å². The van der Waals surface area contributed by atoms with Gasteiger partial charge in [0.15, 0.2) is 0 Å². The van der Waals surface area contributed by atoms with Crippen molar-refractivity contribution in [1.82, 2.24) is 0 Å². The van der Waals surface area contributed by atoms with Crippen molar-refractivity contribution in [2.45, 2.75) is 18.2 Å². The molecule has 0 unspecified atom stereocenters. The Kier molecular flexibility index (Phi) is 1.63. The fourth-order valence-corrected chi connectivity index (χ4v) is 4.18. The zero-order valence-electron chi connectivity index (χ0n) is 6.57. The van der Waals surface area contributed by atoms with Crippen LogP contribution in [0.2, 0.25) is 0 Å². The number of allylic oxidation sites excluding steroid dienone is 1. The fraction of sp³-hybridized carbons (Fsp3) is 0.250. The highest BCUT2D eigenvalue weighted by atomic mass is 32.2. The lowest BCUT2D eigenvalue weighted by atomic mass is 10.4. The second-order valence-electron chi connectivity index (χ2n) is 2.62. The van der Waals surface area contributed by atoms with Crippen LogP contribution in [0.3, 0.4) is 0 Å². The molecule has 0 radical (unpaired) electrons. The van der Waals surface area contributed by atoms with E-state index in [9.17, 15) is 8.42 Å². The second kappa shape index (κ2) is 2.44. The second-order valence-corrected chi connectivity index (χ2v) is 5.54. The van der Waals surface area contributed by atoms with Crippen molar-refractivity contribution in [1.29, 1.82) is 0 Å². The van der Waals surface area contributed by atoms with Crippen molar-refractivity contribution in [3.05, 3.63) is 21.2 Å². The number of hydrogen-bond donors (Lipinski definition) is 0. The summed E-state index contributed by atoms with van der Waals surface area (Å²) in [5.41, 5.74) is 0. The van der Waals surface area contributed by atoms with Crippen LogP contribution in [0.4, 0.5) is 0 Å². The molecule has 4 heteroatoms. The SMILES string of the molecule is CCC1=Cc2sccc2S1(=O)=O. The van der Waals surface area contributed by atoms with E-state index < -0.39 is 9.84 Å². The third-order valence-electron chi connectivity index (χ3n) is 1.93. The molecule has 0 spiro atoms. The summed E-state index contributed by atoms with van der Waals surface area (Å²) in [7, 11) is -3.08. The van der Waals surface area contributed by atoms with E-state index in [1.54, 1.807) is 12.1 Å². The number of hydrogen-bond acceptors (Lipinski definition) is 3. The maximum Gasteiger partial charge on any atom is 0.204 e. The van der Waals surface area contributed by atoms with Crippen molar-refractivity contribution in [3.63, 3.8) is 0 Å². The number of rotatable bonds is 1. The average molecular weight is 200 g/mol. The molecule has 0 aliphatic carbocycles. The summed E-state index contributed by atoms with van der Waals surface area (Å²) < 4.78 is 23.2. The van der Waals surface area contributed by atoms with Gasteiger partial charge in [0.05, 0.1) is 9.80 Å². The number of fused-ring (bicyclic) bond motifs is 1. The van der Waals surface area contributed by atoms with Gasteiger partial charge in [-0.05, 0) is 23.9 Å². The molecule has 12 heavy (non-hydrogen) atoms. The zero-order chi connectivity index (χ0) is 8.77. The van der Waals surface area contributed by atoms with E-state index in [0.717, 1.165) is 4.88 Å². The molecule has 0 saturated heterocycles. The largest absolute Gasteiger partial charge is 0.219 e. The Morgan fingerprint density at radius 1 is 1.50 bits per heavy atom. The Bertz CT molecular complexity index is 437. The van der Waals surface area contributed by atoms with Crippen molar-refractivity contribution in [2.24, 2.45) is 0 Å². The molecule has 0 atom stereocenters. The van der Waals surface area contributed by atoms with Crippen LogP contribution in [0, 0.1) is 0 Å². The Balaban J connectivity index is 2.71. The van der Waals surface area contributed by atoms with Gasteiger partial charge in [-0.15, -0.1) is 11.3 Å². The predicted molar refractivity (Wildman–Crippen MR) is 49.8 cm³/mol. The summed E-state index contributed by atoms with van der Waals surface area (Å²) in [5.74, 6) is 0. The Morgan fingerprint density at radius 3 is 2.83 bits per heavy atom. The highest BCUT2D eigenvalue weighted by Crippen LogP contribution is 2.37. The van der Waals surface area contributed by atoms with Crippen LogP contribution in [0.1, 0.15) is 18.2 Å². The van der Waals surface area contributed by atoms with Crippen LogP contribution in [0.25, 0.3) is 6.08 Å². The summed E-state index contributed by atoms with van der Waals surface area (Å²) in [6, 6.07) is 1.68. The van der Waals surface area contributed by atoms with Crippen molar-refractivity contribution in [3.8, 4) is 0 Å². The van der Waals surface area contributed by atoms with Crippen LogP contribution in [0.5, 0.6) is 0 Å². The molecule has 2 nitrogen and oxygen atoms in total. The summed E-state index contributed by atoms with van der Waals surface area (Å²) in [5, 5.41) is 1.81. The van der Waals surface area contributed by atoms with Gasteiger partial charge in [-0.1, -0.05) is 6.92 Å². The molecule has 1 aliphatic heterocycles. The van der Waals surface area contributed by atoms with Gasteiger partial charge < -0.3 is 0 Å². The zero-order valence-corrected chi connectivity index (χ0v) is 8.21. The Hall–Kier alpha value is -0.610. The molecule has 1 aliphatic rings. The molecule has 0 bridgehead atoms. The van der Waals surface area contributed by atoms with Crippen LogP contribution in [-0.4, -0.2) is 8.42 Å². The molecule has 2 rings (SSSR count). The molecule has 0 fully saturated rings. The molecular weight excluding hydrogens is 192 g/mol. The van der Waals surface area contributed by atoms with Crippen LogP contribution in [-0.2, 0) is 9.84 Å². The van der Waals surface area contributed by atoms with Gasteiger partial charge in [-0.2, -0.15) is 0 Å². The first-order valence-corrected chi connectivity index (χ1v) is 6.05. The molecular formula is C8H8O2S2. The maximum absolute atomic E-state index is 11.6. The third kappa shape index (κ3) is 0.881. The van der Waals surface area contributed by atoms with E-state index in [-0.39, 0.29) is 0 Å². The number of thiophene rings is 1. The van der Waals surface area contributed by atoms with Crippen molar-refractivity contribution < 1.29 is 8.42 Å². The smallest absolute Gasteiger partial charge is 0.204 e. The Labute approximate surface area is 75.5 Å². The lowest BCUT2D eigenvalue weighted by Gasteiger charge is -1.96. The summed E-state index contributed by atoms with van der Waals surface area (Å²) in [6.45, 7) is 1.86. The van der Waals surface area contributed by atoms with Gasteiger partial charge in [0, 0.05) is 4.88 Å².